The van der Waals surface area contributed by atoms with Crippen molar-refractivity contribution in [1.29, 1.82) is 0 Å². The van der Waals surface area contributed by atoms with E-state index in [-0.39, 0.29) is 5.92 Å². The number of hydrogen-bond acceptors (Lipinski definition) is 0. The molecule has 0 aliphatic heterocycles. The Kier molecular flexibility index (Phi) is 3.77. The fourth-order valence-corrected chi connectivity index (χ4v) is 4.87. The quantitative estimate of drug-likeness (QED) is 0.626. The standard InChI is InChI=1S/C16H28F2/c1-5-15(17,6-2)16(18,7-3)14-10-12-9-13(14)8-11(12)4/h11-14H,5-10H2,1-4H3. The Bertz CT molecular complexity index is 295. The van der Waals surface area contributed by atoms with E-state index < -0.39 is 11.3 Å². The molecule has 0 radical (unpaired) electrons. The fourth-order valence-electron chi connectivity index (χ4n) is 4.87. The van der Waals surface area contributed by atoms with Gasteiger partial charge in [0.2, 0.25) is 0 Å². The summed E-state index contributed by atoms with van der Waals surface area (Å²) < 4.78 is 30.5. The van der Waals surface area contributed by atoms with Crippen LogP contribution in [-0.4, -0.2) is 11.3 Å². The van der Waals surface area contributed by atoms with Gasteiger partial charge in [0.25, 0.3) is 0 Å². The van der Waals surface area contributed by atoms with Crippen molar-refractivity contribution in [2.24, 2.45) is 23.7 Å². The molecule has 2 saturated carbocycles. The van der Waals surface area contributed by atoms with E-state index in [0.717, 1.165) is 25.2 Å². The molecule has 0 spiro atoms. The molecule has 0 heterocycles. The van der Waals surface area contributed by atoms with Crippen LogP contribution in [0.4, 0.5) is 8.78 Å². The van der Waals surface area contributed by atoms with Gasteiger partial charge in [-0.05, 0) is 62.2 Å². The molecule has 2 rings (SSSR count). The number of rotatable bonds is 5. The molecule has 0 amide bonds. The lowest BCUT2D eigenvalue weighted by atomic mass is 9.65. The van der Waals surface area contributed by atoms with Crippen LogP contribution in [0.15, 0.2) is 0 Å². The highest BCUT2D eigenvalue weighted by atomic mass is 19.2. The highest BCUT2D eigenvalue weighted by Crippen LogP contribution is 2.60. The van der Waals surface area contributed by atoms with Gasteiger partial charge in [0.15, 0.2) is 0 Å². The Hall–Kier alpha value is -0.140. The Morgan fingerprint density at radius 2 is 1.50 bits per heavy atom. The van der Waals surface area contributed by atoms with Crippen molar-refractivity contribution in [2.45, 2.75) is 77.6 Å². The van der Waals surface area contributed by atoms with Gasteiger partial charge < -0.3 is 0 Å². The average molecular weight is 258 g/mol. The van der Waals surface area contributed by atoms with Gasteiger partial charge in [-0.2, -0.15) is 0 Å². The molecular formula is C16H28F2. The van der Waals surface area contributed by atoms with E-state index in [1.165, 1.54) is 0 Å². The average Bonchev–Trinajstić information content (AvgIpc) is 2.95. The summed E-state index contributed by atoms with van der Waals surface area (Å²) >= 11 is 0. The highest BCUT2D eigenvalue weighted by Gasteiger charge is 2.60. The summed E-state index contributed by atoms with van der Waals surface area (Å²) in [6, 6.07) is 0. The number of halogens is 2. The van der Waals surface area contributed by atoms with E-state index in [9.17, 15) is 4.39 Å². The minimum atomic E-state index is -1.62. The molecule has 5 atom stereocenters. The molecule has 0 aromatic carbocycles. The van der Waals surface area contributed by atoms with Crippen molar-refractivity contribution < 1.29 is 8.78 Å². The first-order valence-electron chi connectivity index (χ1n) is 7.79. The SMILES string of the molecule is CCC(F)(CC)C(F)(CC)C1CC2CC1CC2C. The Morgan fingerprint density at radius 3 is 1.83 bits per heavy atom. The topological polar surface area (TPSA) is 0 Å². The maximum atomic E-state index is 15.5. The van der Waals surface area contributed by atoms with E-state index >= 15 is 4.39 Å². The molecule has 5 unspecified atom stereocenters. The summed E-state index contributed by atoms with van der Waals surface area (Å²) in [7, 11) is 0. The maximum absolute atomic E-state index is 15.5. The van der Waals surface area contributed by atoms with Crippen LogP contribution >= 0.6 is 0 Å². The summed E-state index contributed by atoms with van der Waals surface area (Å²) in [6.07, 6.45) is 4.11. The minimum Gasteiger partial charge on any atom is -0.240 e. The summed E-state index contributed by atoms with van der Waals surface area (Å²) in [4.78, 5) is 0. The smallest absolute Gasteiger partial charge is 0.147 e. The predicted octanol–water partition coefficient (Wildman–Crippen LogP) is 5.32. The largest absolute Gasteiger partial charge is 0.240 e. The maximum Gasteiger partial charge on any atom is 0.147 e. The third-order valence-electron chi connectivity index (χ3n) is 6.18. The van der Waals surface area contributed by atoms with Crippen molar-refractivity contribution in [3.05, 3.63) is 0 Å². The number of hydrogen-bond donors (Lipinski definition) is 0. The minimum absolute atomic E-state index is 0.0337. The second kappa shape index (κ2) is 4.76. The molecule has 0 nitrogen and oxygen atoms in total. The molecule has 0 aromatic rings. The molecule has 2 aliphatic carbocycles. The van der Waals surface area contributed by atoms with Gasteiger partial charge >= 0.3 is 0 Å². The molecular weight excluding hydrogens is 230 g/mol. The first-order chi connectivity index (χ1) is 8.41. The van der Waals surface area contributed by atoms with Gasteiger partial charge in [-0.3, -0.25) is 0 Å². The van der Waals surface area contributed by atoms with E-state index in [0.29, 0.717) is 31.1 Å². The lowest BCUT2D eigenvalue weighted by Gasteiger charge is -2.45. The number of alkyl halides is 2. The molecule has 2 fully saturated rings. The normalized spacial score (nSPS) is 39.0. The molecule has 2 bridgehead atoms. The van der Waals surface area contributed by atoms with Crippen LogP contribution in [0.1, 0.15) is 66.2 Å². The van der Waals surface area contributed by atoms with Gasteiger partial charge in [0, 0.05) is 0 Å². The Balaban J connectivity index is 2.24. The zero-order valence-corrected chi connectivity index (χ0v) is 12.3. The molecule has 2 heteroatoms. The van der Waals surface area contributed by atoms with Gasteiger partial charge in [-0.1, -0.05) is 27.7 Å². The summed E-state index contributed by atoms with van der Waals surface area (Å²) in [5.74, 6) is 1.78. The van der Waals surface area contributed by atoms with Gasteiger partial charge in [-0.25, -0.2) is 8.78 Å². The van der Waals surface area contributed by atoms with Crippen LogP contribution in [0.5, 0.6) is 0 Å². The fraction of sp³-hybridized carbons (Fsp3) is 1.00. The van der Waals surface area contributed by atoms with Crippen LogP contribution in [0.25, 0.3) is 0 Å². The van der Waals surface area contributed by atoms with Crippen LogP contribution in [0, 0.1) is 23.7 Å². The lowest BCUT2D eigenvalue weighted by Crippen LogP contribution is -2.53. The van der Waals surface area contributed by atoms with Crippen molar-refractivity contribution in [3.63, 3.8) is 0 Å². The van der Waals surface area contributed by atoms with Crippen LogP contribution < -0.4 is 0 Å². The van der Waals surface area contributed by atoms with Gasteiger partial charge in [-0.15, -0.1) is 0 Å². The van der Waals surface area contributed by atoms with Crippen molar-refractivity contribution in [3.8, 4) is 0 Å². The molecule has 0 saturated heterocycles. The van der Waals surface area contributed by atoms with Crippen LogP contribution in [-0.2, 0) is 0 Å². The van der Waals surface area contributed by atoms with E-state index in [1.54, 1.807) is 13.8 Å². The monoisotopic (exact) mass is 258 g/mol. The van der Waals surface area contributed by atoms with Crippen LogP contribution in [0.3, 0.4) is 0 Å². The van der Waals surface area contributed by atoms with Gasteiger partial charge in [0.05, 0.1) is 0 Å². The second-order valence-corrected chi connectivity index (χ2v) is 6.70. The lowest BCUT2D eigenvalue weighted by molar-refractivity contribution is -0.105. The molecule has 2 aliphatic rings. The zero-order valence-electron chi connectivity index (χ0n) is 12.3. The summed E-state index contributed by atoms with van der Waals surface area (Å²) in [5, 5.41) is 0. The third-order valence-corrected chi connectivity index (χ3v) is 6.18. The second-order valence-electron chi connectivity index (χ2n) is 6.70. The van der Waals surface area contributed by atoms with Crippen molar-refractivity contribution >= 4 is 0 Å². The zero-order chi connectivity index (χ0) is 13.6. The Labute approximate surface area is 111 Å². The van der Waals surface area contributed by atoms with Crippen LogP contribution in [0.2, 0.25) is 0 Å². The summed E-state index contributed by atoms with van der Waals surface area (Å²) in [5.41, 5.74) is -3.23. The van der Waals surface area contributed by atoms with E-state index in [1.807, 2.05) is 6.92 Å². The summed E-state index contributed by atoms with van der Waals surface area (Å²) in [6.45, 7) is 7.69. The predicted molar refractivity (Wildman–Crippen MR) is 72.0 cm³/mol. The van der Waals surface area contributed by atoms with Gasteiger partial charge in [0.1, 0.15) is 11.3 Å². The van der Waals surface area contributed by atoms with Crippen molar-refractivity contribution in [1.82, 2.24) is 0 Å². The first-order valence-corrected chi connectivity index (χ1v) is 7.79. The molecule has 18 heavy (non-hydrogen) atoms. The first kappa shape index (κ1) is 14.3. The molecule has 0 aromatic heterocycles. The highest BCUT2D eigenvalue weighted by molar-refractivity contribution is 5.09. The van der Waals surface area contributed by atoms with Crippen molar-refractivity contribution in [2.75, 3.05) is 0 Å². The van der Waals surface area contributed by atoms with E-state index in [4.69, 9.17) is 0 Å². The molecule has 0 N–H and O–H groups in total. The van der Waals surface area contributed by atoms with E-state index in [2.05, 4.69) is 6.92 Å². The third kappa shape index (κ3) is 1.82. The molecule has 106 valence electrons. The number of fused-ring (bicyclic) bond motifs is 2. The Morgan fingerprint density at radius 1 is 0.889 bits per heavy atom.